The van der Waals surface area contributed by atoms with Gasteiger partial charge in [0, 0.05) is 13.2 Å². The predicted molar refractivity (Wildman–Crippen MR) is 49.2 cm³/mol. The highest BCUT2D eigenvalue weighted by atomic mass is 16.5. The number of hydrogen-bond donors (Lipinski definition) is 0. The zero-order chi connectivity index (χ0) is 8.55. The summed E-state index contributed by atoms with van der Waals surface area (Å²) in [6, 6.07) is 0.726. The van der Waals surface area contributed by atoms with Gasteiger partial charge in [0.25, 0.3) is 0 Å². The molecule has 1 aliphatic heterocycles. The molecule has 0 N–H and O–H groups in total. The molecule has 2 fully saturated rings. The van der Waals surface area contributed by atoms with Crippen molar-refractivity contribution < 1.29 is 4.74 Å². The smallest absolute Gasteiger partial charge is 0.0729 e. The Labute approximate surface area is 74.9 Å². The van der Waals surface area contributed by atoms with E-state index in [2.05, 4.69) is 11.9 Å². The largest absolute Gasteiger partial charge is 0.380 e. The maximum Gasteiger partial charge on any atom is 0.0729 e. The van der Waals surface area contributed by atoms with Crippen LogP contribution in [0.5, 0.6) is 0 Å². The Hall–Kier alpha value is -0.0800. The van der Waals surface area contributed by atoms with E-state index in [1.165, 1.54) is 32.2 Å². The second kappa shape index (κ2) is 3.35. The highest BCUT2D eigenvalue weighted by molar-refractivity contribution is 4.93. The first-order chi connectivity index (χ1) is 5.83. The molecule has 2 rings (SSSR count). The lowest BCUT2D eigenvalue weighted by Gasteiger charge is -2.36. The third-order valence-electron chi connectivity index (χ3n) is 3.59. The fourth-order valence-corrected chi connectivity index (χ4v) is 2.96. The van der Waals surface area contributed by atoms with Gasteiger partial charge in [-0.25, -0.2) is 0 Å². The average molecular weight is 169 g/mol. The monoisotopic (exact) mass is 169 g/mol. The van der Waals surface area contributed by atoms with E-state index in [0.29, 0.717) is 6.10 Å². The van der Waals surface area contributed by atoms with E-state index in [4.69, 9.17) is 4.74 Å². The Morgan fingerprint density at radius 3 is 2.83 bits per heavy atom. The molecule has 70 valence electrons. The lowest BCUT2D eigenvalue weighted by molar-refractivity contribution is -0.00150. The maximum atomic E-state index is 5.53. The van der Waals surface area contributed by atoms with Gasteiger partial charge in [0.05, 0.1) is 6.10 Å². The third kappa shape index (κ3) is 1.27. The molecule has 1 aliphatic carbocycles. The molecule has 2 heteroatoms. The van der Waals surface area contributed by atoms with Gasteiger partial charge in [-0.15, -0.1) is 0 Å². The summed E-state index contributed by atoms with van der Waals surface area (Å²) in [5, 5.41) is 0. The fourth-order valence-electron chi connectivity index (χ4n) is 2.96. The van der Waals surface area contributed by atoms with Crippen molar-refractivity contribution in [3.63, 3.8) is 0 Å². The molecule has 1 unspecified atom stereocenters. The minimum absolute atomic E-state index is 0.510. The van der Waals surface area contributed by atoms with Gasteiger partial charge in [0.2, 0.25) is 0 Å². The summed E-state index contributed by atoms with van der Waals surface area (Å²) in [6.07, 6.45) is 5.96. The van der Waals surface area contributed by atoms with Crippen molar-refractivity contribution in [2.24, 2.45) is 5.92 Å². The zero-order valence-corrected chi connectivity index (χ0v) is 8.12. The number of nitrogens with zero attached hydrogens (tertiary/aromatic N) is 1. The fraction of sp³-hybridized carbons (Fsp3) is 1.00. The minimum Gasteiger partial charge on any atom is -0.380 e. The Kier molecular flexibility index (Phi) is 2.37. The topological polar surface area (TPSA) is 12.5 Å². The van der Waals surface area contributed by atoms with E-state index in [1.54, 1.807) is 0 Å². The summed E-state index contributed by atoms with van der Waals surface area (Å²) >= 11 is 0. The number of ether oxygens (including phenoxy) is 1. The quantitative estimate of drug-likeness (QED) is 0.590. The van der Waals surface area contributed by atoms with Crippen molar-refractivity contribution in [3.8, 4) is 0 Å². The summed E-state index contributed by atoms with van der Waals surface area (Å²) in [5.74, 6) is 0.925. The number of rotatable bonds is 1. The van der Waals surface area contributed by atoms with Crippen LogP contribution in [0.15, 0.2) is 0 Å². The first kappa shape index (κ1) is 8.52. The molecule has 12 heavy (non-hydrogen) atoms. The molecular weight excluding hydrogens is 150 g/mol. The van der Waals surface area contributed by atoms with E-state index in [-0.39, 0.29) is 0 Å². The molecule has 0 aromatic carbocycles. The lowest BCUT2D eigenvalue weighted by atomic mass is 9.83. The van der Waals surface area contributed by atoms with Crippen LogP contribution in [0.2, 0.25) is 0 Å². The zero-order valence-electron chi connectivity index (χ0n) is 8.12. The third-order valence-corrected chi connectivity index (χ3v) is 3.59. The Morgan fingerprint density at radius 1 is 1.25 bits per heavy atom. The van der Waals surface area contributed by atoms with E-state index >= 15 is 0 Å². The number of methoxy groups -OCH3 is 1. The molecule has 2 aliphatic rings. The van der Waals surface area contributed by atoms with Gasteiger partial charge in [-0.3, -0.25) is 0 Å². The van der Waals surface area contributed by atoms with Crippen molar-refractivity contribution >= 4 is 0 Å². The molecule has 0 bridgehead atoms. The number of fused-ring (bicyclic) bond motifs is 1. The van der Waals surface area contributed by atoms with Crippen LogP contribution >= 0.6 is 0 Å². The van der Waals surface area contributed by atoms with Crippen molar-refractivity contribution in [1.82, 2.24) is 4.90 Å². The first-order valence-electron chi connectivity index (χ1n) is 5.06. The van der Waals surface area contributed by atoms with Crippen LogP contribution in [0.25, 0.3) is 0 Å². The van der Waals surface area contributed by atoms with Gasteiger partial charge in [-0.05, 0) is 38.8 Å². The second-order valence-electron chi connectivity index (χ2n) is 4.23. The van der Waals surface area contributed by atoms with Crippen LogP contribution in [-0.4, -0.2) is 37.7 Å². The molecule has 0 amide bonds. The summed E-state index contributed by atoms with van der Waals surface area (Å²) in [5.41, 5.74) is 0. The van der Waals surface area contributed by atoms with Crippen LogP contribution in [0.1, 0.15) is 25.7 Å². The molecule has 1 saturated carbocycles. The molecule has 0 aromatic heterocycles. The van der Waals surface area contributed by atoms with E-state index in [1.807, 2.05) is 7.11 Å². The summed E-state index contributed by atoms with van der Waals surface area (Å²) in [4.78, 5) is 2.48. The molecular formula is C10H19NO. The van der Waals surface area contributed by atoms with E-state index in [9.17, 15) is 0 Å². The molecule has 0 radical (unpaired) electrons. The van der Waals surface area contributed by atoms with Crippen molar-refractivity contribution in [3.05, 3.63) is 0 Å². The second-order valence-corrected chi connectivity index (χ2v) is 4.23. The summed E-state index contributed by atoms with van der Waals surface area (Å²) in [7, 11) is 4.10. The highest BCUT2D eigenvalue weighted by Crippen LogP contribution is 2.36. The van der Waals surface area contributed by atoms with Crippen molar-refractivity contribution in [2.45, 2.75) is 37.8 Å². The summed E-state index contributed by atoms with van der Waals surface area (Å²) < 4.78 is 5.53. The van der Waals surface area contributed by atoms with Crippen LogP contribution in [0.4, 0.5) is 0 Å². The van der Waals surface area contributed by atoms with Crippen molar-refractivity contribution in [2.75, 3.05) is 20.7 Å². The van der Waals surface area contributed by atoms with E-state index in [0.717, 1.165) is 12.0 Å². The normalized spacial score (nSPS) is 43.0. The molecule has 1 saturated heterocycles. The molecule has 2 nitrogen and oxygen atoms in total. The lowest BCUT2D eigenvalue weighted by Crippen LogP contribution is -2.43. The van der Waals surface area contributed by atoms with Crippen LogP contribution in [-0.2, 0) is 4.74 Å². The van der Waals surface area contributed by atoms with Crippen LogP contribution in [0, 0.1) is 5.92 Å². The molecule has 1 heterocycles. The van der Waals surface area contributed by atoms with Gasteiger partial charge in [-0.1, -0.05) is 6.42 Å². The minimum atomic E-state index is 0.510. The Bertz CT molecular complexity index is 158. The molecule has 0 aromatic rings. The highest BCUT2D eigenvalue weighted by Gasteiger charge is 2.39. The van der Waals surface area contributed by atoms with Gasteiger partial charge < -0.3 is 9.64 Å². The SMILES string of the molecule is COC1CCC[C@@H]2CCN(C)[C@H]12. The van der Waals surface area contributed by atoms with Crippen molar-refractivity contribution in [1.29, 1.82) is 0 Å². The Morgan fingerprint density at radius 2 is 2.08 bits per heavy atom. The number of hydrogen-bond acceptors (Lipinski definition) is 2. The van der Waals surface area contributed by atoms with Gasteiger partial charge in [-0.2, -0.15) is 0 Å². The standard InChI is InChI=1S/C10H19NO/c1-11-7-6-8-4-3-5-9(12-2)10(8)11/h8-10H,3-7H2,1-2H3/t8-,9?,10+/m1/s1. The Balaban J connectivity index is 2.07. The van der Waals surface area contributed by atoms with E-state index < -0.39 is 0 Å². The molecule has 3 atom stereocenters. The molecule has 0 spiro atoms. The first-order valence-corrected chi connectivity index (χ1v) is 5.06. The van der Waals surface area contributed by atoms with Gasteiger partial charge >= 0.3 is 0 Å². The number of likely N-dealkylation sites (tertiary alicyclic amines) is 1. The van der Waals surface area contributed by atoms with Crippen LogP contribution < -0.4 is 0 Å². The number of likely N-dealkylation sites (N-methyl/N-ethyl adjacent to an activating group) is 1. The van der Waals surface area contributed by atoms with Gasteiger partial charge in [0.1, 0.15) is 0 Å². The van der Waals surface area contributed by atoms with Gasteiger partial charge in [0.15, 0.2) is 0 Å². The maximum absolute atomic E-state index is 5.53. The summed E-state index contributed by atoms with van der Waals surface area (Å²) in [6.45, 7) is 1.27. The van der Waals surface area contributed by atoms with Crippen LogP contribution in [0.3, 0.4) is 0 Å². The predicted octanol–water partition coefficient (Wildman–Crippen LogP) is 1.51. The average Bonchev–Trinajstić information content (AvgIpc) is 2.48.